The number of amides is 1. The number of imidazole rings is 1. The van der Waals surface area contributed by atoms with Gasteiger partial charge in [-0.25, -0.2) is 9.97 Å². The zero-order valence-electron chi connectivity index (χ0n) is 16.2. The first-order chi connectivity index (χ1) is 13.5. The van der Waals surface area contributed by atoms with Gasteiger partial charge in [-0.05, 0) is 43.0 Å². The van der Waals surface area contributed by atoms with Crippen LogP contribution in [0.1, 0.15) is 23.3 Å². The topological polar surface area (TPSA) is 54.3 Å². The van der Waals surface area contributed by atoms with Crippen LogP contribution in [0.3, 0.4) is 0 Å². The molecule has 1 aromatic carbocycles. The molecule has 1 aliphatic rings. The molecule has 6 nitrogen and oxygen atoms in total. The zero-order chi connectivity index (χ0) is 19.7. The van der Waals surface area contributed by atoms with Crippen molar-refractivity contribution in [1.82, 2.24) is 19.4 Å². The first kappa shape index (κ1) is 18.9. The summed E-state index contributed by atoms with van der Waals surface area (Å²) in [5.41, 5.74) is 1.52. The van der Waals surface area contributed by atoms with E-state index >= 15 is 0 Å². The van der Waals surface area contributed by atoms with Gasteiger partial charge in [0.2, 0.25) is 0 Å². The molecule has 28 heavy (non-hydrogen) atoms. The summed E-state index contributed by atoms with van der Waals surface area (Å²) in [7, 11) is 3.74. The third kappa shape index (κ3) is 4.04. The van der Waals surface area contributed by atoms with Gasteiger partial charge < -0.3 is 14.4 Å². The second-order valence-electron chi connectivity index (χ2n) is 7.55. The number of benzene rings is 1. The van der Waals surface area contributed by atoms with Crippen LogP contribution in [0, 0.1) is 5.92 Å². The van der Waals surface area contributed by atoms with Crippen molar-refractivity contribution >= 4 is 38.6 Å². The molecule has 0 aliphatic carbocycles. The van der Waals surface area contributed by atoms with E-state index in [0.29, 0.717) is 11.6 Å². The van der Waals surface area contributed by atoms with Crippen molar-refractivity contribution in [3.63, 3.8) is 0 Å². The van der Waals surface area contributed by atoms with Crippen LogP contribution in [0.2, 0.25) is 0 Å². The fraction of sp³-hybridized carbons (Fsp3) is 0.381. The van der Waals surface area contributed by atoms with E-state index in [1.54, 1.807) is 22.0 Å². The Morgan fingerprint density at radius 3 is 2.71 bits per heavy atom. The van der Waals surface area contributed by atoms with Crippen LogP contribution in [0.5, 0.6) is 0 Å². The van der Waals surface area contributed by atoms with Crippen LogP contribution in [-0.4, -0.2) is 52.0 Å². The Hall–Kier alpha value is -2.41. The van der Waals surface area contributed by atoms with Gasteiger partial charge in [0, 0.05) is 49.8 Å². The van der Waals surface area contributed by atoms with Crippen molar-refractivity contribution in [3.8, 4) is 0 Å². The number of carbonyl (C=O) groups excluding carboxylic acids is 1. The van der Waals surface area contributed by atoms with Gasteiger partial charge in [0.15, 0.2) is 0 Å². The molecule has 0 bridgehead atoms. The summed E-state index contributed by atoms with van der Waals surface area (Å²) in [6.45, 7) is 2.69. The molecule has 7 heteroatoms. The third-order valence-corrected chi connectivity index (χ3v) is 5.87. The molecule has 1 fully saturated rings. The van der Waals surface area contributed by atoms with Gasteiger partial charge in [0.25, 0.3) is 5.91 Å². The number of halogens is 1. The molecule has 0 atom stereocenters. The highest BCUT2D eigenvalue weighted by molar-refractivity contribution is 9.10. The Morgan fingerprint density at radius 2 is 2.00 bits per heavy atom. The van der Waals surface area contributed by atoms with Crippen LogP contribution in [0.4, 0.5) is 5.82 Å². The van der Waals surface area contributed by atoms with Crippen molar-refractivity contribution in [2.75, 3.05) is 31.6 Å². The van der Waals surface area contributed by atoms with E-state index in [-0.39, 0.29) is 5.91 Å². The van der Waals surface area contributed by atoms with E-state index in [2.05, 4.69) is 50.1 Å². The monoisotopic (exact) mass is 441 g/mol. The molecule has 3 heterocycles. The molecule has 1 aliphatic heterocycles. The average molecular weight is 442 g/mol. The summed E-state index contributed by atoms with van der Waals surface area (Å²) in [6, 6.07) is 10.4. The SMILES string of the molecule is CN(CC1CCN(c2ccc3ccc(Br)cc3n2)CC1)C(=O)c1cn(C)cn1. The number of fused-ring (bicyclic) bond motifs is 1. The maximum absolute atomic E-state index is 12.5. The number of rotatable bonds is 4. The summed E-state index contributed by atoms with van der Waals surface area (Å²) in [4.78, 5) is 25.6. The van der Waals surface area contributed by atoms with Crippen molar-refractivity contribution in [3.05, 3.63) is 53.0 Å². The van der Waals surface area contributed by atoms with E-state index in [0.717, 1.165) is 53.7 Å². The lowest BCUT2D eigenvalue weighted by molar-refractivity contribution is 0.0759. The highest BCUT2D eigenvalue weighted by Gasteiger charge is 2.24. The lowest BCUT2D eigenvalue weighted by atomic mass is 9.96. The molecule has 0 N–H and O–H groups in total. The molecule has 0 radical (unpaired) electrons. The largest absolute Gasteiger partial charge is 0.357 e. The van der Waals surface area contributed by atoms with Gasteiger partial charge in [-0.2, -0.15) is 0 Å². The average Bonchev–Trinajstić information content (AvgIpc) is 3.13. The highest BCUT2D eigenvalue weighted by atomic mass is 79.9. The second kappa shape index (κ2) is 7.91. The quantitative estimate of drug-likeness (QED) is 0.618. The number of hydrogen-bond donors (Lipinski definition) is 0. The lowest BCUT2D eigenvalue weighted by Gasteiger charge is -2.34. The van der Waals surface area contributed by atoms with Crippen molar-refractivity contribution in [2.24, 2.45) is 13.0 Å². The van der Waals surface area contributed by atoms with Crippen LogP contribution in [-0.2, 0) is 7.05 Å². The number of hydrogen-bond acceptors (Lipinski definition) is 4. The van der Waals surface area contributed by atoms with Gasteiger partial charge in [-0.15, -0.1) is 0 Å². The molecule has 1 amide bonds. The summed E-state index contributed by atoms with van der Waals surface area (Å²) in [5.74, 6) is 1.52. The fourth-order valence-corrected chi connectivity index (χ4v) is 4.14. The predicted molar refractivity (Wildman–Crippen MR) is 115 cm³/mol. The minimum Gasteiger partial charge on any atom is -0.357 e. The highest BCUT2D eigenvalue weighted by Crippen LogP contribution is 2.26. The van der Waals surface area contributed by atoms with E-state index < -0.39 is 0 Å². The van der Waals surface area contributed by atoms with E-state index in [1.165, 1.54) is 0 Å². The molecule has 146 valence electrons. The maximum atomic E-state index is 12.5. The van der Waals surface area contributed by atoms with Gasteiger partial charge in [-0.3, -0.25) is 4.79 Å². The van der Waals surface area contributed by atoms with E-state index in [4.69, 9.17) is 4.98 Å². The summed E-state index contributed by atoms with van der Waals surface area (Å²) in [6.07, 6.45) is 5.54. The molecule has 1 saturated heterocycles. The number of piperidine rings is 1. The number of nitrogens with zero attached hydrogens (tertiary/aromatic N) is 5. The van der Waals surface area contributed by atoms with Gasteiger partial charge in [-0.1, -0.05) is 22.0 Å². The van der Waals surface area contributed by atoms with E-state index in [1.807, 2.05) is 20.2 Å². The third-order valence-electron chi connectivity index (χ3n) is 5.38. The van der Waals surface area contributed by atoms with Gasteiger partial charge in [0.05, 0.1) is 11.8 Å². The fourth-order valence-electron chi connectivity index (χ4n) is 3.79. The predicted octanol–water partition coefficient (Wildman–Crippen LogP) is 3.72. The molecule has 3 aromatic rings. The van der Waals surface area contributed by atoms with Crippen LogP contribution in [0.25, 0.3) is 10.9 Å². The molecule has 2 aromatic heterocycles. The lowest BCUT2D eigenvalue weighted by Crippen LogP contribution is -2.39. The zero-order valence-corrected chi connectivity index (χ0v) is 17.8. The van der Waals surface area contributed by atoms with Crippen LogP contribution < -0.4 is 4.90 Å². The minimum atomic E-state index is -0.00944. The minimum absolute atomic E-state index is 0.00944. The molecule has 4 rings (SSSR count). The first-order valence-corrected chi connectivity index (χ1v) is 10.3. The molecule has 0 unspecified atom stereocenters. The normalized spacial score (nSPS) is 15.2. The summed E-state index contributed by atoms with van der Waals surface area (Å²) >= 11 is 3.52. The number of aromatic nitrogens is 3. The van der Waals surface area contributed by atoms with Crippen LogP contribution in [0.15, 0.2) is 47.3 Å². The standard InChI is InChI=1S/C21H24BrN5O/c1-25-13-19(23-14-25)21(28)26(2)12-15-7-9-27(10-8-15)20-6-4-16-3-5-17(22)11-18(16)24-20/h3-6,11,13-15H,7-10,12H2,1-2H3. The first-order valence-electron chi connectivity index (χ1n) is 9.54. The van der Waals surface area contributed by atoms with Crippen molar-refractivity contribution < 1.29 is 4.79 Å². The van der Waals surface area contributed by atoms with Crippen molar-refractivity contribution in [2.45, 2.75) is 12.8 Å². The Labute approximate surface area is 173 Å². The summed E-state index contributed by atoms with van der Waals surface area (Å²) in [5, 5.41) is 1.15. The number of carbonyl (C=O) groups is 1. The molecular weight excluding hydrogens is 418 g/mol. The smallest absolute Gasteiger partial charge is 0.273 e. The van der Waals surface area contributed by atoms with Gasteiger partial charge >= 0.3 is 0 Å². The van der Waals surface area contributed by atoms with Gasteiger partial charge in [0.1, 0.15) is 11.5 Å². The number of aryl methyl sites for hydroxylation is 1. The van der Waals surface area contributed by atoms with E-state index in [9.17, 15) is 4.79 Å². The van der Waals surface area contributed by atoms with Crippen LogP contribution >= 0.6 is 15.9 Å². The number of pyridine rings is 1. The Kier molecular flexibility index (Phi) is 5.35. The number of anilines is 1. The Bertz CT molecular complexity index is 993. The maximum Gasteiger partial charge on any atom is 0.273 e. The summed E-state index contributed by atoms with van der Waals surface area (Å²) < 4.78 is 2.85. The Balaban J connectivity index is 1.36. The molecular formula is C21H24BrN5O. The second-order valence-corrected chi connectivity index (χ2v) is 8.46. The van der Waals surface area contributed by atoms with Crippen molar-refractivity contribution in [1.29, 1.82) is 0 Å². The Morgan fingerprint density at radius 1 is 1.25 bits per heavy atom. The molecule has 0 spiro atoms. The molecule has 0 saturated carbocycles.